The Hall–Kier alpha value is -6.29. The van der Waals surface area contributed by atoms with E-state index in [9.17, 15) is 41.0 Å². The monoisotopic (exact) mass is 790 g/mol. The van der Waals surface area contributed by atoms with E-state index in [-0.39, 0.29) is 34.4 Å². The van der Waals surface area contributed by atoms with Gasteiger partial charge in [0.25, 0.3) is 0 Å². The Morgan fingerprint density at radius 1 is 1.02 bits per heavy atom. The molecule has 0 aliphatic carbocycles. The first kappa shape index (κ1) is 40.9. The van der Waals surface area contributed by atoms with Crippen molar-refractivity contribution in [2.75, 3.05) is 27.7 Å². The SMILES string of the molecule is Cc1c(-c2ccnn2-c2ccc(C#N)cc2)n(C(=O)NCC(C)c2ncc(C[N+](C)(C)C)o2)c(=O)n1-c1cccc(C(F)(F)F)c1.O=S(=O)([O-])c1ccccc1. The van der Waals surface area contributed by atoms with Gasteiger partial charge in [-0.3, -0.25) is 4.57 Å². The van der Waals surface area contributed by atoms with Crippen molar-refractivity contribution < 1.29 is 39.8 Å². The van der Waals surface area contributed by atoms with Crippen molar-refractivity contribution in [3.63, 3.8) is 0 Å². The molecule has 0 spiro atoms. The van der Waals surface area contributed by atoms with Crippen LogP contribution in [0.25, 0.3) is 22.8 Å². The molecule has 0 aliphatic heterocycles. The number of carbonyl (C=O) groups excluding carboxylic acids is 1. The van der Waals surface area contributed by atoms with Crippen molar-refractivity contribution >= 4 is 16.1 Å². The van der Waals surface area contributed by atoms with Gasteiger partial charge in [0.1, 0.15) is 22.4 Å². The van der Waals surface area contributed by atoms with Crippen LogP contribution in [0, 0.1) is 18.3 Å². The number of alkyl halides is 3. The molecule has 3 aromatic carbocycles. The molecule has 3 aromatic heterocycles. The number of nitrogens with one attached hydrogen (secondary N) is 1. The zero-order valence-electron chi connectivity index (χ0n) is 30.9. The molecule has 0 radical (unpaired) electrons. The Bertz CT molecular complexity index is 2540. The van der Waals surface area contributed by atoms with E-state index in [1.807, 2.05) is 34.1 Å². The third-order valence-corrected chi connectivity index (χ3v) is 9.11. The highest BCUT2D eigenvalue weighted by Crippen LogP contribution is 2.32. The van der Waals surface area contributed by atoms with Crippen LogP contribution in [0.4, 0.5) is 18.0 Å². The number of benzene rings is 3. The first-order chi connectivity index (χ1) is 26.3. The molecule has 1 atom stereocenters. The van der Waals surface area contributed by atoms with Gasteiger partial charge in [0.15, 0.2) is 11.7 Å². The zero-order chi connectivity index (χ0) is 41.0. The number of halogens is 3. The van der Waals surface area contributed by atoms with Gasteiger partial charge >= 0.3 is 17.9 Å². The molecule has 14 nitrogen and oxygen atoms in total. The number of nitriles is 1. The standard InChI is InChI=1S/C32H31F3N8O3.C6H6O3S/c1-20(29-37-18-26(46-29)19-43(3,4)5)17-38-30(44)41-28(27-13-14-39-42(27)24-11-9-22(16-36)10-12-24)21(2)40(31(41)45)25-8-6-7-23(15-25)32(33,34)35;7-10(8,9)6-4-2-1-3-5-6/h6-15,18,20H,17,19H2,1-5H3;1-5H,(H,7,8,9). The third kappa shape index (κ3) is 9.49. The molecular weight excluding hydrogens is 754 g/mol. The van der Waals surface area contributed by atoms with E-state index in [0.717, 1.165) is 21.3 Å². The Kier molecular flexibility index (Phi) is 11.8. The second-order valence-electron chi connectivity index (χ2n) is 13.7. The molecule has 6 aromatic rings. The highest BCUT2D eigenvalue weighted by atomic mass is 32.2. The minimum Gasteiger partial charge on any atom is -0.744 e. The van der Waals surface area contributed by atoms with Crippen LogP contribution in [-0.2, 0) is 22.8 Å². The fraction of sp³-hybridized carbons (Fsp3) is 0.237. The molecule has 3 heterocycles. The number of imidazole rings is 1. The molecular formula is C38H37F3N8O6S. The molecule has 0 saturated heterocycles. The number of hydrogen-bond donors (Lipinski definition) is 1. The maximum absolute atomic E-state index is 14.0. The summed E-state index contributed by atoms with van der Waals surface area (Å²) in [5.41, 5.74) is -0.264. The van der Waals surface area contributed by atoms with E-state index in [4.69, 9.17) is 4.42 Å². The van der Waals surface area contributed by atoms with Crippen LogP contribution >= 0.6 is 0 Å². The van der Waals surface area contributed by atoms with Gasteiger partial charge in [-0.15, -0.1) is 0 Å². The summed E-state index contributed by atoms with van der Waals surface area (Å²) in [5.74, 6) is 0.733. The topological polar surface area (TPSA) is 181 Å². The summed E-state index contributed by atoms with van der Waals surface area (Å²) in [4.78, 5) is 31.9. The van der Waals surface area contributed by atoms with Crippen molar-refractivity contribution in [2.45, 2.75) is 37.4 Å². The Labute approximate surface area is 320 Å². The number of nitrogens with zero attached hydrogens (tertiary/aromatic N) is 7. The molecule has 18 heteroatoms. The van der Waals surface area contributed by atoms with Gasteiger partial charge in [-0.25, -0.2) is 32.2 Å². The summed E-state index contributed by atoms with van der Waals surface area (Å²) in [7, 11) is 1.79. The van der Waals surface area contributed by atoms with Gasteiger partial charge in [-0.2, -0.15) is 23.5 Å². The lowest BCUT2D eigenvalue weighted by molar-refractivity contribution is -0.884. The number of rotatable bonds is 9. The second kappa shape index (κ2) is 16.2. The predicted octanol–water partition coefficient (Wildman–Crippen LogP) is 5.84. The molecule has 292 valence electrons. The number of amides is 1. The van der Waals surface area contributed by atoms with Crippen LogP contribution < -0.4 is 11.0 Å². The van der Waals surface area contributed by atoms with Gasteiger partial charge in [0.05, 0.1) is 84.3 Å². The summed E-state index contributed by atoms with van der Waals surface area (Å²) >= 11 is 0. The summed E-state index contributed by atoms with van der Waals surface area (Å²) in [6.45, 7) is 4.02. The Morgan fingerprint density at radius 3 is 2.29 bits per heavy atom. The molecule has 1 N–H and O–H groups in total. The average Bonchev–Trinajstić information content (AvgIpc) is 3.87. The van der Waals surface area contributed by atoms with E-state index < -0.39 is 33.6 Å². The third-order valence-electron chi connectivity index (χ3n) is 8.26. The number of aromatic nitrogens is 5. The van der Waals surface area contributed by atoms with Gasteiger partial charge in [-0.1, -0.05) is 31.2 Å². The number of carbonyl (C=O) groups is 1. The first-order valence-electron chi connectivity index (χ1n) is 16.9. The summed E-state index contributed by atoms with van der Waals surface area (Å²) < 4.78 is 81.6. The Balaban J connectivity index is 0.000000522. The van der Waals surface area contributed by atoms with Crippen LogP contribution in [0.3, 0.4) is 0 Å². The molecule has 56 heavy (non-hydrogen) atoms. The van der Waals surface area contributed by atoms with E-state index in [1.54, 1.807) is 49.5 Å². The molecule has 1 amide bonds. The van der Waals surface area contributed by atoms with Gasteiger partial charge in [-0.05, 0) is 67.6 Å². The van der Waals surface area contributed by atoms with Gasteiger partial charge < -0.3 is 18.8 Å². The highest BCUT2D eigenvalue weighted by Gasteiger charge is 2.32. The second-order valence-corrected chi connectivity index (χ2v) is 15.1. The van der Waals surface area contributed by atoms with E-state index in [2.05, 4.69) is 15.4 Å². The average molecular weight is 791 g/mol. The molecule has 0 aliphatic rings. The fourth-order valence-electron chi connectivity index (χ4n) is 5.67. The molecule has 1 unspecified atom stereocenters. The van der Waals surface area contributed by atoms with Crippen LogP contribution in [-0.4, -0.2) is 75.1 Å². The molecule has 6 rings (SSSR count). The quantitative estimate of drug-likeness (QED) is 0.139. The summed E-state index contributed by atoms with van der Waals surface area (Å²) in [5, 5.41) is 16.3. The number of quaternary nitrogens is 1. The van der Waals surface area contributed by atoms with Crippen LogP contribution in [0.5, 0.6) is 0 Å². The number of oxazole rings is 1. The lowest BCUT2D eigenvalue weighted by atomic mass is 10.1. The van der Waals surface area contributed by atoms with Crippen LogP contribution in [0.1, 0.15) is 41.3 Å². The maximum atomic E-state index is 14.0. The van der Waals surface area contributed by atoms with Crippen molar-refractivity contribution in [1.82, 2.24) is 29.2 Å². The van der Waals surface area contributed by atoms with Crippen LogP contribution in [0.15, 0.2) is 111 Å². The lowest BCUT2D eigenvalue weighted by Gasteiger charge is -2.21. The minimum absolute atomic E-state index is 0.0533. The summed E-state index contributed by atoms with van der Waals surface area (Å²) in [6.07, 6.45) is -1.53. The smallest absolute Gasteiger partial charge is 0.416 e. The highest BCUT2D eigenvalue weighted by molar-refractivity contribution is 7.85. The maximum Gasteiger partial charge on any atom is 0.416 e. The summed E-state index contributed by atoms with van der Waals surface area (Å²) in [6, 6.07) is 20.9. The van der Waals surface area contributed by atoms with Gasteiger partial charge in [0.2, 0.25) is 0 Å². The largest absolute Gasteiger partial charge is 0.744 e. The van der Waals surface area contributed by atoms with E-state index in [0.29, 0.717) is 39.6 Å². The normalized spacial score (nSPS) is 12.4. The molecule has 0 fully saturated rings. The zero-order valence-corrected chi connectivity index (χ0v) is 31.7. The predicted molar refractivity (Wildman–Crippen MR) is 197 cm³/mol. The van der Waals surface area contributed by atoms with Crippen molar-refractivity contribution in [2.24, 2.45) is 0 Å². The van der Waals surface area contributed by atoms with E-state index >= 15 is 0 Å². The van der Waals surface area contributed by atoms with Crippen molar-refractivity contribution in [3.8, 4) is 28.8 Å². The van der Waals surface area contributed by atoms with Crippen LogP contribution in [0.2, 0.25) is 0 Å². The first-order valence-corrected chi connectivity index (χ1v) is 18.3. The molecule has 0 bridgehead atoms. The Morgan fingerprint density at radius 2 is 1.70 bits per heavy atom. The van der Waals surface area contributed by atoms with Crippen molar-refractivity contribution in [3.05, 3.63) is 136 Å². The molecule has 0 saturated carbocycles. The number of hydrogen-bond acceptors (Lipinski definition) is 9. The van der Waals surface area contributed by atoms with Gasteiger partial charge in [0, 0.05) is 6.54 Å². The minimum atomic E-state index is -4.65. The lowest BCUT2D eigenvalue weighted by Crippen LogP contribution is -2.38. The fourth-order valence-corrected chi connectivity index (χ4v) is 6.16. The van der Waals surface area contributed by atoms with Crippen molar-refractivity contribution in [1.29, 1.82) is 5.26 Å². The van der Waals surface area contributed by atoms with E-state index in [1.165, 1.54) is 47.3 Å².